The zero-order valence-corrected chi connectivity index (χ0v) is 11.8. The van der Waals surface area contributed by atoms with E-state index in [2.05, 4.69) is 4.98 Å². The van der Waals surface area contributed by atoms with Gasteiger partial charge in [0.25, 0.3) is 0 Å². The number of fused-ring (bicyclic) bond motifs is 1. The number of pyridine rings is 1. The summed E-state index contributed by atoms with van der Waals surface area (Å²) in [6.07, 6.45) is 1.77. The monoisotopic (exact) mass is 287 g/mol. The van der Waals surface area contributed by atoms with Gasteiger partial charge in [0.15, 0.2) is 0 Å². The quantitative estimate of drug-likeness (QED) is 0.803. The lowest BCUT2D eigenvalue weighted by atomic mass is 10.1. The Kier molecular flexibility index (Phi) is 3.34. The average Bonchev–Trinajstić information content (AvgIpc) is 2.77. The van der Waals surface area contributed by atoms with Crippen LogP contribution in [0.1, 0.15) is 5.56 Å². The maximum atomic E-state index is 6.15. The first-order valence-electron chi connectivity index (χ1n) is 6.20. The minimum Gasteiger partial charge on any atom is -0.383 e. The van der Waals surface area contributed by atoms with Crippen LogP contribution >= 0.6 is 11.6 Å². The molecule has 20 heavy (non-hydrogen) atoms. The summed E-state index contributed by atoms with van der Waals surface area (Å²) < 4.78 is 6.89. The molecule has 102 valence electrons. The van der Waals surface area contributed by atoms with Crippen molar-refractivity contribution < 1.29 is 4.74 Å². The normalized spacial score (nSPS) is 11.1. The number of nitrogens with zero attached hydrogens (tertiary/aromatic N) is 2. The van der Waals surface area contributed by atoms with Crippen LogP contribution in [-0.2, 0) is 11.3 Å². The average molecular weight is 288 g/mol. The predicted octanol–water partition coefficient (Wildman–Crippen LogP) is 3.38. The minimum atomic E-state index is 0.585. The van der Waals surface area contributed by atoms with E-state index in [1.165, 1.54) is 0 Å². The van der Waals surface area contributed by atoms with Gasteiger partial charge >= 0.3 is 0 Å². The molecule has 0 amide bonds. The number of rotatable bonds is 3. The Balaban J connectivity index is 2.07. The molecule has 5 heteroatoms. The highest BCUT2D eigenvalue weighted by Gasteiger charge is 2.11. The van der Waals surface area contributed by atoms with Crippen LogP contribution in [0.25, 0.3) is 16.9 Å². The topological polar surface area (TPSA) is 52.5 Å². The Morgan fingerprint density at radius 1 is 1.20 bits per heavy atom. The highest BCUT2D eigenvalue weighted by Crippen LogP contribution is 2.27. The molecule has 3 rings (SSSR count). The standard InChI is InChI=1S/C15H14ClN3O/c1-20-9-10-2-4-11(5-3-10)14-15(17)19-8-12(16)6-7-13(19)18-14/h2-8H,9,17H2,1H3. The number of hydrogen-bond acceptors (Lipinski definition) is 3. The van der Waals surface area contributed by atoms with E-state index in [9.17, 15) is 0 Å². The van der Waals surface area contributed by atoms with Gasteiger partial charge in [0.2, 0.25) is 0 Å². The lowest BCUT2D eigenvalue weighted by Crippen LogP contribution is -1.94. The molecule has 0 aliphatic heterocycles. The summed E-state index contributed by atoms with van der Waals surface area (Å²) in [5, 5.41) is 0.628. The van der Waals surface area contributed by atoms with Gasteiger partial charge in [-0.2, -0.15) is 0 Å². The molecule has 0 saturated carbocycles. The van der Waals surface area contributed by atoms with Crippen LogP contribution in [0.3, 0.4) is 0 Å². The third-order valence-electron chi connectivity index (χ3n) is 3.16. The van der Waals surface area contributed by atoms with Crippen molar-refractivity contribution in [3.8, 4) is 11.3 Å². The van der Waals surface area contributed by atoms with Gasteiger partial charge in [0.05, 0.1) is 11.6 Å². The molecule has 3 aromatic rings. The van der Waals surface area contributed by atoms with Crippen molar-refractivity contribution >= 4 is 23.1 Å². The molecule has 0 bridgehead atoms. The first-order chi connectivity index (χ1) is 9.69. The van der Waals surface area contributed by atoms with Crippen LogP contribution in [0.4, 0.5) is 5.82 Å². The molecular weight excluding hydrogens is 274 g/mol. The summed E-state index contributed by atoms with van der Waals surface area (Å²) in [6.45, 7) is 0.594. The van der Waals surface area contributed by atoms with Crippen LogP contribution in [0.15, 0.2) is 42.6 Å². The fraction of sp³-hybridized carbons (Fsp3) is 0.133. The molecule has 2 heterocycles. The molecule has 2 N–H and O–H groups in total. The number of ether oxygens (including phenoxy) is 1. The number of benzene rings is 1. The summed E-state index contributed by atoms with van der Waals surface area (Å²) in [5.41, 5.74) is 9.78. The van der Waals surface area contributed by atoms with Gasteiger partial charge in [-0.3, -0.25) is 4.40 Å². The van der Waals surface area contributed by atoms with Gasteiger partial charge in [-0.05, 0) is 17.7 Å². The third kappa shape index (κ3) is 2.24. The van der Waals surface area contributed by atoms with Crippen LogP contribution in [-0.4, -0.2) is 16.5 Å². The fourth-order valence-corrected chi connectivity index (χ4v) is 2.34. The third-order valence-corrected chi connectivity index (χ3v) is 3.38. The van der Waals surface area contributed by atoms with Crippen molar-refractivity contribution in [2.24, 2.45) is 0 Å². The summed E-state index contributed by atoms with van der Waals surface area (Å²) in [7, 11) is 1.68. The van der Waals surface area contributed by atoms with Crippen molar-refractivity contribution in [2.45, 2.75) is 6.61 Å². The van der Waals surface area contributed by atoms with Crippen molar-refractivity contribution in [1.82, 2.24) is 9.38 Å². The Hall–Kier alpha value is -2.04. The molecule has 0 spiro atoms. The van der Waals surface area contributed by atoms with Crippen molar-refractivity contribution in [1.29, 1.82) is 0 Å². The van der Waals surface area contributed by atoms with Gasteiger partial charge in [-0.1, -0.05) is 35.9 Å². The fourth-order valence-electron chi connectivity index (χ4n) is 2.17. The Bertz CT molecular complexity index is 750. The number of hydrogen-bond donors (Lipinski definition) is 1. The van der Waals surface area contributed by atoms with Gasteiger partial charge in [0.1, 0.15) is 17.2 Å². The van der Waals surface area contributed by atoms with E-state index in [4.69, 9.17) is 22.1 Å². The largest absolute Gasteiger partial charge is 0.383 e. The van der Waals surface area contributed by atoms with Crippen LogP contribution in [0.5, 0.6) is 0 Å². The molecule has 0 fully saturated rings. The van der Waals surface area contributed by atoms with Gasteiger partial charge < -0.3 is 10.5 Å². The molecule has 0 aliphatic rings. The van der Waals surface area contributed by atoms with Gasteiger partial charge in [0, 0.05) is 18.9 Å². The van der Waals surface area contributed by atoms with E-state index in [1.54, 1.807) is 23.8 Å². The number of imidazole rings is 1. The smallest absolute Gasteiger partial charge is 0.139 e. The number of anilines is 1. The Morgan fingerprint density at radius 2 is 1.95 bits per heavy atom. The van der Waals surface area contributed by atoms with Crippen molar-refractivity contribution in [3.63, 3.8) is 0 Å². The molecule has 4 nitrogen and oxygen atoms in total. The second-order valence-corrected chi connectivity index (χ2v) is 4.99. The van der Waals surface area contributed by atoms with Crippen molar-refractivity contribution in [2.75, 3.05) is 12.8 Å². The maximum absolute atomic E-state index is 6.15. The lowest BCUT2D eigenvalue weighted by molar-refractivity contribution is 0.185. The number of nitrogen functional groups attached to an aromatic ring is 1. The zero-order chi connectivity index (χ0) is 14.1. The minimum absolute atomic E-state index is 0.585. The van der Waals surface area contributed by atoms with E-state index >= 15 is 0 Å². The second-order valence-electron chi connectivity index (χ2n) is 4.55. The van der Waals surface area contributed by atoms with E-state index < -0.39 is 0 Å². The summed E-state index contributed by atoms with van der Waals surface area (Å²) in [4.78, 5) is 4.55. The van der Waals surface area contributed by atoms with Gasteiger partial charge in [-0.15, -0.1) is 0 Å². The molecule has 0 atom stereocenters. The van der Waals surface area contributed by atoms with E-state index in [0.717, 1.165) is 22.5 Å². The number of nitrogens with two attached hydrogens (primary N) is 1. The molecule has 0 aliphatic carbocycles. The highest BCUT2D eigenvalue weighted by atomic mass is 35.5. The number of aromatic nitrogens is 2. The summed E-state index contributed by atoms with van der Waals surface area (Å²) in [5.74, 6) is 0.585. The van der Waals surface area contributed by atoms with Crippen LogP contribution in [0, 0.1) is 0 Å². The van der Waals surface area contributed by atoms with Crippen LogP contribution < -0.4 is 5.73 Å². The Labute approximate surface area is 121 Å². The van der Waals surface area contributed by atoms with Crippen molar-refractivity contribution in [3.05, 3.63) is 53.2 Å². The predicted molar refractivity (Wildman–Crippen MR) is 80.8 cm³/mol. The number of methoxy groups -OCH3 is 1. The SMILES string of the molecule is COCc1ccc(-c2nc3ccc(Cl)cn3c2N)cc1. The summed E-state index contributed by atoms with van der Waals surface area (Å²) >= 11 is 5.98. The first-order valence-corrected chi connectivity index (χ1v) is 6.58. The molecular formula is C15H14ClN3O. The molecule has 1 aromatic carbocycles. The molecule has 0 unspecified atom stereocenters. The van der Waals surface area contributed by atoms with E-state index in [1.807, 2.05) is 30.3 Å². The number of halogens is 1. The zero-order valence-electron chi connectivity index (χ0n) is 11.0. The second kappa shape index (κ2) is 5.15. The lowest BCUT2D eigenvalue weighted by Gasteiger charge is -2.02. The molecule has 0 radical (unpaired) electrons. The van der Waals surface area contributed by atoms with E-state index in [0.29, 0.717) is 17.4 Å². The van der Waals surface area contributed by atoms with E-state index in [-0.39, 0.29) is 0 Å². The van der Waals surface area contributed by atoms with Gasteiger partial charge in [-0.25, -0.2) is 4.98 Å². The summed E-state index contributed by atoms with van der Waals surface area (Å²) in [6, 6.07) is 11.7. The Morgan fingerprint density at radius 3 is 2.65 bits per heavy atom. The molecule has 0 saturated heterocycles. The maximum Gasteiger partial charge on any atom is 0.139 e. The first kappa shape index (κ1) is 13.0. The molecule has 2 aromatic heterocycles. The highest BCUT2D eigenvalue weighted by molar-refractivity contribution is 6.30. The van der Waals surface area contributed by atoms with Crippen LogP contribution in [0.2, 0.25) is 5.02 Å².